The number of aliphatic imine (C=N–C) groups is 1. The summed E-state index contributed by atoms with van der Waals surface area (Å²) in [6.45, 7) is 8.47. The molecule has 16 heavy (non-hydrogen) atoms. The zero-order valence-corrected chi connectivity index (χ0v) is 11.7. The molecule has 0 aliphatic rings. The molecule has 0 aliphatic heterocycles. The topological polar surface area (TPSA) is 39.7 Å². The van der Waals surface area contributed by atoms with Crippen LogP contribution in [0, 0.1) is 0 Å². The molecule has 0 saturated heterocycles. The van der Waals surface area contributed by atoms with Gasteiger partial charge in [0.25, 0.3) is 0 Å². The standard InChI is InChI=1S/C12H28N4/c1-7-8-9-14-11(13-4)15-10-12(2,3)16(5)6/h7-10H2,1-6H3,(H2,13,14,15). The number of guanidine groups is 1. The van der Waals surface area contributed by atoms with Gasteiger partial charge in [0, 0.05) is 25.7 Å². The molecular weight excluding hydrogens is 200 g/mol. The van der Waals surface area contributed by atoms with E-state index in [9.17, 15) is 0 Å². The number of nitrogens with zero attached hydrogens (tertiary/aromatic N) is 2. The molecule has 0 rings (SSSR count). The fraction of sp³-hybridized carbons (Fsp3) is 0.917. The second-order valence-electron chi connectivity index (χ2n) is 4.91. The molecule has 0 aromatic carbocycles. The van der Waals surface area contributed by atoms with E-state index in [0.717, 1.165) is 19.0 Å². The molecule has 0 saturated carbocycles. The summed E-state index contributed by atoms with van der Waals surface area (Å²) in [4.78, 5) is 6.41. The van der Waals surface area contributed by atoms with Gasteiger partial charge in [-0.05, 0) is 34.4 Å². The van der Waals surface area contributed by atoms with Gasteiger partial charge in [0.1, 0.15) is 0 Å². The highest BCUT2D eigenvalue weighted by atomic mass is 15.2. The molecule has 0 aromatic heterocycles. The molecule has 0 heterocycles. The molecular formula is C12H28N4. The van der Waals surface area contributed by atoms with Crippen LogP contribution < -0.4 is 10.6 Å². The Morgan fingerprint density at radius 1 is 1.25 bits per heavy atom. The van der Waals surface area contributed by atoms with Crippen LogP contribution in [0.2, 0.25) is 0 Å². The molecule has 2 N–H and O–H groups in total. The Labute approximate surface area is 101 Å². The third-order valence-corrected chi connectivity index (χ3v) is 2.95. The van der Waals surface area contributed by atoms with Crippen molar-refractivity contribution in [1.29, 1.82) is 0 Å². The molecule has 0 aliphatic carbocycles. The van der Waals surface area contributed by atoms with Crippen LogP contribution in [0.4, 0.5) is 0 Å². The van der Waals surface area contributed by atoms with E-state index in [-0.39, 0.29) is 5.54 Å². The lowest BCUT2D eigenvalue weighted by molar-refractivity contribution is 0.197. The molecule has 0 atom stereocenters. The monoisotopic (exact) mass is 228 g/mol. The van der Waals surface area contributed by atoms with Crippen molar-refractivity contribution in [1.82, 2.24) is 15.5 Å². The van der Waals surface area contributed by atoms with Crippen LogP contribution in [0.3, 0.4) is 0 Å². The Kier molecular flexibility index (Phi) is 7.13. The van der Waals surface area contributed by atoms with E-state index in [1.807, 2.05) is 7.05 Å². The van der Waals surface area contributed by atoms with Crippen LogP contribution >= 0.6 is 0 Å². The van der Waals surface area contributed by atoms with E-state index in [2.05, 4.69) is 55.4 Å². The molecule has 0 fully saturated rings. The average molecular weight is 228 g/mol. The van der Waals surface area contributed by atoms with Crippen molar-refractivity contribution in [3.05, 3.63) is 0 Å². The smallest absolute Gasteiger partial charge is 0.191 e. The summed E-state index contributed by atoms with van der Waals surface area (Å²) in [6, 6.07) is 0. The van der Waals surface area contributed by atoms with Crippen molar-refractivity contribution < 1.29 is 0 Å². The van der Waals surface area contributed by atoms with Gasteiger partial charge >= 0.3 is 0 Å². The van der Waals surface area contributed by atoms with Gasteiger partial charge in [0.15, 0.2) is 5.96 Å². The summed E-state index contributed by atoms with van der Waals surface area (Å²) in [6.07, 6.45) is 2.38. The Morgan fingerprint density at radius 2 is 1.88 bits per heavy atom. The van der Waals surface area contributed by atoms with Crippen molar-refractivity contribution in [3.8, 4) is 0 Å². The van der Waals surface area contributed by atoms with E-state index in [1.54, 1.807) is 0 Å². The van der Waals surface area contributed by atoms with Crippen LogP contribution in [0.15, 0.2) is 4.99 Å². The minimum absolute atomic E-state index is 0.127. The molecule has 0 bridgehead atoms. The van der Waals surface area contributed by atoms with Crippen LogP contribution in [-0.2, 0) is 0 Å². The SMILES string of the molecule is CCCCNC(=NC)NCC(C)(C)N(C)C. The van der Waals surface area contributed by atoms with Crippen LogP contribution in [0.5, 0.6) is 0 Å². The predicted octanol–water partition coefficient (Wildman–Crippen LogP) is 1.29. The van der Waals surface area contributed by atoms with Gasteiger partial charge in [-0.3, -0.25) is 4.99 Å². The molecule has 0 unspecified atom stereocenters. The predicted molar refractivity (Wildman–Crippen MR) is 72.0 cm³/mol. The first-order chi connectivity index (χ1) is 7.44. The molecule has 0 aromatic rings. The Bertz CT molecular complexity index is 209. The normalized spacial score (nSPS) is 13.1. The zero-order valence-electron chi connectivity index (χ0n) is 11.7. The number of nitrogens with one attached hydrogen (secondary N) is 2. The van der Waals surface area contributed by atoms with Crippen molar-refractivity contribution in [3.63, 3.8) is 0 Å². The van der Waals surface area contributed by atoms with Crippen LogP contribution in [0.1, 0.15) is 33.6 Å². The Morgan fingerprint density at radius 3 is 2.31 bits per heavy atom. The van der Waals surface area contributed by atoms with E-state index in [1.165, 1.54) is 12.8 Å². The van der Waals surface area contributed by atoms with E-state index < -0.39 is 0 Å². The van der Waals surface area contributed by atoms with Crippen molar-refractivity contribution in [2.24, 2.45) is 4.99 Å². The summed E-state index contributed by atoms with van der Waals surface area (Å²) in [5.74, 6) is 0.892. The van der Waals surface area contributed by atoms with Gasteiger partial charge in [-0.2, -0.15) is 0 Å². The quantitative estimate of drug-likeness (QED) is 0.409. The number of likely N-dealkylation sites (N-methyl/N-ethyl adjacent to an activating group) is 1. The molecule has 4 heteroatoms. The summed E-state index contributed by atoms with van der Waals surface area (Å²) >= 11 is 0. The number of hydrogen-bond donors (Lipinski definition) is 2. The molecule has 96 valence electrons. The number of unbranched alkanes of at least 4 members (excludes halogenated alkanes) is 1. The lowest BCUT2D eigenvalue weighted by Crippen LogP contribution is -2.50. The molecule has 0 amide bonds. The summed E-state index contributed by atoms with van der Waals surface area (Å²) < 4.78 is 0. The Balaban J connectivity index is 3.97. The van der Waals surface area contributed by atoms with Crippen LogP contribution in [-0.4, -0.2) is 50.6 Å². The lowest BCUT2D eigenvalue weighted by atomic mass is 10.0. The highest BCUT2D eigenvalue weighted by molar-refractivity contribution is 5.79. The summed E-state index contributed by atoms with van der Waals surface area (Å²) in [5.41, 5.74) is 0.127. The van der Waals surface area contributed by atoms with Crippen molar-refractivity contribution in [2.75, 3.05) is 34.2 Å². The third-order valence-electron chi connectivity index (χ3n) is 2.95. The maximum atomic E-state index is 4.20. The minimum Gasteiger partial charge on any atom is -0.356 e. The average Bonchev–Trinajstić information content (AvgIpc) is 2.23. The second-order valence-corrected chi connectivity index (χ2v) is 4.91. The van der Waals surface area contributed by atoms with Gasteiger partial charge < -0.3 is 15.5 Å². The maximum absolute atomic E-state index is 4.20. The maximum Gasteiger partial charge on any atom is 0.191 e. The van der Waals surface area contributed by atoms with Gasteiger partial charge in [-0.1, -0.05) is 13.3 Å². The molecule has 0 spiro atoms. The molecule has 0 radical (unpaired) electrons. The van der Waals surface area contributed by atoms with Gasteiger partial charge in [-0.25, -0.2) is 0 Å². The van der Waals surface area contributed by atoms with E-state index >= 15 is 0 Å². The fourth-order valence-electron chi connectivity index (χ4n) is 1.06. The summed E-state index contributed by atoms with van der Waals surface area (Å²) in [5, 5.41) is 6.65. The molecule has 4 nitrogen and oxygen atoms in total. The zero-order chi connectivity index (χ0) is 12.6. The van der Waals surface area contributed by atoms with Gasteiger partial charge in [0.2, 0.25) is 0 Å². The largest absolute Gasteiger partial charge is 0.356 e. The third kappa shape index (κ3) is 5.95. The van der Waals surface area contributed by atoms with Crippen molar-refractivity contribution in [2.45, 2.75) is 39.2 Å². The Hall–Kier alpha value is -0.770. The first-order valence-electron chi connectivity index (χ1n) is 6.06. The van der Waals surface area contributed by atoms with Crippen molar-refractivity contribution >= 4 is 5.96 Å². The van der Waals surface area contributed by atoms with E-state index in [0.29, 0.717) is 0 Å². The first-order valence-corrected chi connectivity index (χ1v) is 6.06. The first kappa shape index (κ1) is 15.2. The lowest BCUT2D eigenvalue weighted by Gasteiger charge is -2.33. The summed E-state index contributed by atoms with van der Waals surface area (Å²) in [7, 11) is 5.99. The highest BCUT2D eigenvalue weighted by Gasteiger charge is 2.20. The van der Waals surface area contributed by atoms with Gasteiger partial charge in [-0.15, -0.1) is 0 Å². The van der Waals surface area contributed by atoms with E-state index in [4.69, 9.17) is 0 Å². The van der Waals surface area contributed by atoms with Gasteiger partial charge in [0.05, 0.1) is 0 Å². The fourth-order valence-corrected chi connectivity index (χ4v) is 1.06. The number of hydrogen-bond acceptors (Lipinski definition) is 2. The number of rotatable bonds is 6. The highest BCUT2D eigenvalue weighted by Crippen LogP contribution is 2.07. The van der Waals surface area contributed by atoms with Crippen LogP contribution in [0.25, 0.3) is 0 Å². The second kappa shape index (κ2) is 7.49. The minimum atomic E-state index is 0.127.